The summed E-state index contributed by atoms with van der Waals surface area (Å²) in [5.74, 6) is -4.57. The lowest BCUT2D eigenvalue weighted by atomic mass is 10.1. The second kappa shape index (κ2) is 9.81. The van der Waals surface area contributed by atoms with Crippen LogP contribution in [0.25, 0.3) is 16.7 Å². The van der Waals surface area contributed by atoms with Crippen LogP contribution in [0.1, 0.15) is 38.1 Å². The summed E-state index contributed by atoms with van der Waals surface area (Å²) in [6.07, 6.45) is 0.816. The Bertz CT molecular complexity index is 1820. The summed E-state index contributed by atoms with van der Waals surface area (Å²) >= 11 is 0. The van der Waals surface area contributed by atoms with Crippen LogP contribution < -0.4 is 22.1 Å². The van der Waals surface area contributed by atoms with E-state index in [2.05, 4.69) is 20.7 Å². The van der Waals surface area contributed by atoms with Gasteiger partial charge in [0.25, 0.3) is 11.8 Å². The molecule has 0 saturated carbocycles. The number of rotatable bonds is 7. The third-order valence-electron chi connectivity index (χ3n) is 5.97. The maximum atomic E-state index is 14.4. The Labute approximate surface area is 217 Å². The summed E-state index contributed by atoms with van der Waals surface area (Å²) in [7, 11) is 1.54. The summed E-state index contributed by atoms with van der Waals surface area (Å²) in [5, 5.41) is 8.82. The molecule has 4 N–H and O–H groups in total. The Morgan fingerprint density at radius 1 is 1.08 bits per heavy atom. The van der Waals surface area contributed by atoms with Crippen LogP contribution in [0.15, 0.2) is 63.9 Å². The van der Waals surface area contributed by atoms with Gasteiger partial charge >= 0.3 is 5.76 Å². The van der Waals surface area contributed by atoms with Crippen LogP contribution in [0.5, 0.6) is 0 Å². The third-order valence-corrected chi connectivity index (χ3v) is 5.97. The Hall–Kier alpha value is -5.40. The molecule has 3 amide bonds. The molecule has 0 aliphatic rings. The number of aromatic nitrogens is 4. The number of hydrogen-bond donors (Lipinski definition) is 3. The number of nitrogens with two attached hydrogens (primary N) is 1. The second-order valence-corrected chi connectivity index (χ2v) is 8.53. The van der Waals surface area contributed by atoms with Crippen LogP contribution in [0.3, 0.4) is 0 Å². The van der Waals surface area contributed by atoms with Crippen molar-refractivity contribution >= 4 is 34.5 Å². The summed E-state index contributed by atoms with van der Waals surface area (Å²) in [6.45, 7) is 0.0125. The predicted molar refractivity (Wildman–Crippen MR) is 131 cm³/mol. The lowest BCUT2D eigenvalue weighted by Crippen LogP contribution is -2.38. The van der Waals surface area contributed by atoms with Crippen molar-refractivity contribution in [2.24, 2.45) is 12.8 Å². The maximum absolute atomic E-state index is 14.4. The summed E-state index contributed by atoms with van der Waals surface area (Å²) in [6, 6.07) is 9.36. The Kier molecular flexibility index (Phi) is 6.35. The minimum absolute atomic E-state index is 0.0125. The quantitative estimate of drug-likeness (QED) is 0.283. The van der Waals surface area contributed by atoms with Gasteiger partial charge in [0.1, 0.15) is 23.2 Å². The first kappa shape index (κ1) is 25.3. The van der Waals surface area contributed by atoms with Crippen LogP contribution in [-0.4, -0.2) is 36.9 Å². The lowest BCUT2D eigenvalue weighted by molar-refractivity contribution is -0.120. The molecule has 0 fully saturated rings. The first-order chi connectivity index (χ1) is 18.6. The van der Waals surface area contributed by atoms with E-state index in [0.29, 0.717) is 16.7 Å². The van der Waals surface area contributed by atoms with Gasteiger partial charge in [0.2, 0.25) is 5.91 Å². The Morgan fingerprint density at radius 2 is 1.82 bits per heavy atom. The molecule has 3 heterocycles. The highest BCUT2D eigenvalue weighted by atomic mass is 19.1. The average Bonchev–Trinajstić information content (AvgIpc) is 3.43. The number of oxazole rings is 1. The first-order valence-corrected chi connectivity index (χ1v) is 11.4. The highest BCUT2D eigenvalue weighted by Crippen LogP contribution is 2.17. The minimum Gasteiger partial charge on any atom is -0.408 e. The van der Waals surface area contributed by atoms with Crippen molar-refractivity contribution in [3.8, 4) is 0 Å². The molecule has 0 bridgehead atoms. The molecule has 39 heavy (non-hydrogen) atoms. The molecule has 0 aliphatic carbocycles. The number of primary amides is 1. The van der Waals surface area contributed by atoms with Crippen LogP contribution in [0.4, 0.5) is 8.78 Å². The molecule has 0 aliphatic heterocycles. The zero-order valence-electron chi connectivity index (χ0n) is 20.1. The molecule has 1 atom stereocenters. The van der Waals surface area contributed by atoms with Gasteiger partial charge in [0, 0.05) is 19.7 Å². The van der Waals surface area contributed by atoms with E-state index < -0.39 is 46.8 Å². The zero-order valence-corrected chi connectivity index (χ0v) is 20.1. The highest BCUT2D eigenvalue weighted by molar-refractivity contribution is 6.00. The number of amides is 3. The number of nitrogens with one attached hydrogen (secondary N) is 2. The van der Waals surface area contributed by atoms with E-state index in [1.54, 1.807) is 25.2 Å². The fourth-order valence-corrected chi connectivity index (χ4v) is 3.95. The smallest absolute Gasteiger partial charge is 0.408 e. The van der Waals surface area contributed by atoms with E-state index >= 15 is 0 Å². The van der Waals surface area contributed by atoms with Crippen molar-refractivity contribution in [3.63, 3.8) is 0 Å². The average molecular weight is 535 g/mol. The van der Waals surface area contributed by atoms with Gasteiger partial charge in [-0.05, 0) is 35.4 Å². The third kappa shape index (κ3) is 4.82. The number of carbonyl (C=O) groups is 3. The van der Waals surface area contributed by atoms with E-state index in [0.717, 1.165) is 28.9 Å². The first-order valence-electron chi connectivity index (χ1n) is 11.4. The molecular weight excluding hydrogens is 516 g/mol. The van der Waals surface area contributed by atoms with Gasteiger partial charge in [-0.2, -0.15) is 5.10 Å². The number of nitrogens with zero attached hydrogens (tertiary/aromatic N) is 4. The Balaban J connectivity index is 1.42. The second-order valence-electron chi connectivity index (χ2n) is 8.53. The van der Waals surface area contributed by atoms with E-state index in [4.69, 9.17) is 10.2 Å². The number of benzene rings is 2. The van der Waals surface area contributed by atoms with Crippen LogP contribution in [0.2, 0.25) is 0 Å². The molecule has 0 unspecified atom stereocenters. The standard InChI is InChI=1S/C25H19F2N7O5/c1-33-17-8-12(2-7-19(17)39-25(33)38)10-29-23(36)16-9-18(34-22(31-16)15(27)11-30-34)24(37)32-20(21(28)35)13-3-5-14(26)6-4-13/h2-9,11,20H,10H2,1H3,(H2,28,35)(H,29,36)(H,32,37)/t20-/m1/s1. The molecule has 12 nitrogen and oxygen atoms in total. The van der Waals surface area contributed by atoms with Crippen LogP contribution >= 0.6 is 0 Å². The number of halogens is 2. The summed E-state index contributed by atoms with van der Waals surface area (Å²) in [5.41, 5.74) is 6.17. The number of carbonyl (C=O) groups excluding carboxylic acids is 3. The molecule has 14 heteroatoms. The molecule has 0 saturated heterocycles. The minimum atomic E-state index is -1.35. The summed E-state index contributed by atoms with van der Waals surface area (Å²) in [4.78, 5) is 53.8. The van der Waals surface area contributed by atoms with Crippen molar-refractivity contribution in [2.45, 2.75) is 12.6 Å². The van der Waals surface area contributed by atoms with Gasteiger partial charge in [-0.3, -0.25) is 19.0 Å². The molecule has 5 rings (SSSR count). The van der Waals surface area contributed by atoms with Gasteiger partial charge in [0.05, 0.1) is 11.7 Å². The normalized spacial score (nSPS) is 12.0. The molecular formula is C25H19F2N7O5. The van der Waals surface area contributed by atoms with Crippen molar-refractivity contribution in [2.75, 3.05) is 0 Å². The highest BCUT2D eigenvalue weighted by Gasteiger charge is 2.25. The SMILES string of the molecule is Cn1c(=O)oc2ccc(CNC(=O)c3cc(C(=O)N[C@@H](C(N)=O)c4ccc(F)cc4)n4ncc(F)c4n3)cc21. The van der Waals surface area contributed by atoms with Crippen molar-refractivity contribution in [1.82, 2.24) is 29.8 Å². The van der Waals surface area contributed by atoms with E-state index in [1.165, 1.54) is 16.7 Å². The molecule has 2 aromatic carbocycles. The molecule has 3 aromatic heterocycles. The fourth-order valence-electron chi connectivity index (χ4n) is 3.95. The van der Waals surface area contributed by atoms with Crippen molar-refractivity contribution < 1.29 is 27.6 Å². The van der Waals surface area contributed by atoms with Crippen molar-refractivity contribution in [3.05, 3.63) is 99.4 Å². The zero-order chi connectivity index (χ0) is 27.8. The van der Waals surface area contributed by atoms with E-state index in [9.17, 15) is 28.0 Å². The number of fused-ring (bicyclic) bond motifs is 2. The topological polar surface area (TPSA) is 167 Å². The summed E-state index contributed by atoms with van der Waals surface area (Å²) < 4.78 is 35.0. The van der Waals surface area contributed by atoms with Gasteiger partial charge in [-0.25, -0.2) is 23.1 Å². The van der Waals surface area contributed by atoms with Gasteiger partial charge < -0.3 is 20.8 Å². The largest absolute Gasteiger partial charge is 0.419 e. The van der Waals surface area contributed by atoms with Gasteiger partial charge in [0.15, 0.2) is 17.0 Å². The molecule has 5 aromatic rings. The molecule has 0 spiro atoms. The number of hydrogen-bond acceptors (Lipinski definition) is 7. The van der Waals surface area contributed by atoms with E-state index in [-0.39, 0.29) is 23.5 Å². The number of aryl methyl sites for hydroxylation is 1. The molecule has 198 valence electrons. The Morgan fingerprint density at radius 3 is 2.54 bits per heavy atom. The predicted octanol–water partition coefficient (Wildman–Crippen LogP) is 1.34. The van der Waals surface area contributed by atoms with Gasteiger partial charge in [-0.15, -0.1) is 0 Å². The van der Waals surface area contributed by atoms with E-state index in [1.807, 2.05) is 0 Å². The van der Waals surface area contributed by atoms with Gasteiger partial charge in [-0.1, -0.05) is 18.2 Å². The fraction of sp³-hybridized carbons (Fsp3) is 0.120. The van der Waals surface area contributed by atoms with Crippen LogP contribution in [-0.2, 0) is 18.4 Å². The maximum Gasteiger partial charge on any atom is 0.419 e. The van der Waals surface area contributed by atoms with Crippen molar-refractivity contribution in [1.29, 1.82) is 0 Å². The van der Waals surface area contributed by atoms with Crippen LogP contribution in [0, 0.1) is 11.6 Å². The monoisotopic (exact) mass is 535 g/mol. The molecule has 0 radical (unpaired) electrons. The lowest BCUT2D eigenvalue weighted by Gasteiger charge is -2.16.